The molecule has 0 fully saturated rings. The number of ether oxygens (including phenoxy) is 3. The van der Waals surface area contributed by atoms with Gasteiger partial charge >= 0.3 is 0 Å². The molecular weight excluding hydrogens is 378 g/mol. The molecule has 0 aliphatic rings. The van der Waals surface area contributed by atoms with Gasteiger partial charge in [0.25, 0.3) is 5.91 Å². The Bertz CT molecular complexity index is 984. The Hall–Kier alpha value is -3.47. The third kappa shape index (κ3) is 5.11. The molecule has 0 unspecified atom stereocenters. The maximum atomic E-state index is 12.5. The van der Waals surface area contributed by atoms with Crippen LogP contribution in [0.25, 0.3) is 11.1 Å². The number of hydrogen-bond acceptors (Lipinski definition) is 4. The van der Waals surface area contributed by atoms with Crippen molar-refractivity contribution in [2.75, 3.05) is 27.9 Å². The number of aryl methyl sites for hydroxylation is 1. The Morgan fingerprint density at radius 3 is 2.10 bits per heavy atom. The van der Waals surface area contributed by atoms with Gasteiger partial charge in [-0.1, -0.05) is 42.5 Å². The predicted octanol–water partition coefficient (Wildman–Crippen LogP) is 4.72. The summed E-state index contributed by atoms with van der Waals surface area (Å²) in [6, 6.07) is 21.7. The van der Waals surface area contributed by atoms with Gasteiger partial charge in [0.15, 0.2) is 18.1 Å². The van der Waals surface area contributed by atoms with Gasteiger partial charge in [-0.15, -0.1) is 0 Å². The van der Waals surface area contributed by atoms with E-state index in [4.69, 9.17) is 14.2 Å². The second-order valence-corrected chi connectivity index (χ2v) is 7.06. The SMILES string of the molecule is COc1cc(C)c(CN(C)C(=O)COc2ccc(-c3ccccc3)cc2)cc1OC. The number of carbonyl (C=O) groups excluding carboxylic acids is 1. The van der Waals surface area contributed by atoms with E-state index in [-0.39, 0.29) is 12.5 Å². The molecule has 3 aromatic rings. The molecule has 3 aromatic carbocycles. The van der Waals surface area contributed by atoms with Gasteiger partial charge in [-0.05, 0) is 53.4 Å². The predicted molar refractivity (Wildman–Crippen MR) is 118 cm³/mol. The lowest BCUT2D eigenvalue weighted by Crippen LogP contribution is -2.31. The average molecular weight is 405 g/mol. The van der Waals surface area contributed by atoms with E-state index in [1.807, 2.05) is 61.5 Å². The summed E-state index contributed by atoms with van der Waals surface area (Å²) in [6.07, 6.45) is 0. The summed E-state index contributed by atoms with van der Waals surface area (Å²) in [5.41, 5.74) is 4.28. The molecular formula is C25H27NO4. The van der Waals surface area contributed by atoms with Crippen molar-refractivity contribution in [3.63, 3.8) is 0 Å². The van der Waals surface area contributed by atoms with Crippen molar-refractivity contribution < 1.29 is 19.0 Å². The third-order valence-corrected chi connectivity index (χ3v) is 5.00. The van der Waals surface area contributed by atoms with E-state index < -0.39 is 0 Å². The van der Waals surface area contributed by atoms with Crippen LogP contribution < -0.4 is 14.2 Å². The zero-order chi connectivity index (χ0) is 21.5. The molecule has 3 rings (SSSR count). The number of benzene rings is 3. The van der Waals surface area contributed by atoms with Gasteiger partial charge in [-0.2, -0.15) is 0 Å². The molecule has 0 saturated carbocycles. The zero-order valence-electron chi connectivity index (χ0n) is 17.8. The standard InChI is InChI=1S/C25H27NO4/c1-18-14-23(28-3)24(29-4)15-21(18)16-26(2)25(27)17-30-22-12-10-20(11-13-22)19-8-6-5-7-9-19/h5-15H,16-17H2,1-4H3. The molecule has 0 aliphatic heterocycles. The van der Waals surface area contributed by atoms with Crippen molar-refractivity contribution in [2.45, 2.75) is 13.5 Å². The van der Waals surface area contributed by atoms with Crippen LogP contribution in [0.4, 0.5) is 0 Å². The fourth-order valence-electron chi connectivity index (χ4n) is 3.17. The maximum Gasteiger partial charge on any atom is 0.260 e. The van der Waals surface area contributed by atoms with E-state index >= 15 is 0 Å². The summed E-state index contributed by atoms with van der Waals surface area (Å²) < 4.78 is 16.4. The van der Waals surface area contributed by atoms with Crippen molar-refractivity contribution in [1.29, 1.82) is 0 Å². The van der Waals surface area contributed by atoms with Crippen LogP contribution in [0.3, 0.4) is 0 Å². The first-order valence-corrected chi connectivity index (χ1v) is 9.75. The van der Waals surface area contributed by atoms with Gasteiger partial charge in [0.05, 0.1) is 14.2 Å². The van der Waals surface area contributed by atoms with E-state index in [1.54, 1.807) is 26.2 Å². The van der Waals surface area contributed by atoms with E-state index in [1.165, 1.54) is 0 Å². The molecule has 1 amide bonds. The summed E-state index contributed by atoms with van der Waals surface area (Å²) in [4.78, 5) is 14.2. The molecule has 0 heterocycles. The van der Waals surface area contributed by atoms with Crippen LogP contribution in [-0.2, 0) is 11.3 Å². The van der Waals surface area contributed by atoms with E-state index in [0.717, 1.165) is 22.3 Å². The fraction of sp³-hybridized carbons (Fsp3) is 0.240. The second-order valence-electron chi connectivity index (χ2n) is 7.06. The smallest absolute Gasteiger partial charge is 0.260 e. The summed E-state index contributed by atoms with van der Waals surface area (Å²) in [5, 5.41) is 0. The third-order valence-electron chi connectivity index (χ3n) is 5.00. The van der Waals surface area contributed by atoms with E-state index in [0.29, 0.717) is 23.8 Å². The average Bonchev–Trinajstić information content (AvgIpc) is 2.79. The Kier molecular flexibility index (Phi) is 6.96. The van der Waals surface area contributed by atoms with Crippen LogP contribution in [0.15, 0.2) is 66.7 Å². The monoisotopic (exact) mass is 405 g/mol. The lowest BCUT2D eigenvalue weighted by atomic mass is 10.1. The summed E-state index contributed by atoms with van der Waals surface area (Å²) in [6.45, 7) is 2.43. The summed E-state index contributed by atoms with van der Waals surface area (Å²) >= 11 is 0. The summed E-state index contributed by atoms with van der Waals surface area (Å²) in [7, 11) is 4.97. The minimum Gasteiger partial charge on any atom is -0.493 e. The largest absolute Gasteiger partial charge is 0.493 e. The molecule has 0 spiro atoms. The maximum absolute atomic E-state index is 12.5. The Morgan fingerprint density at radius 1 is 0.867 bits per heavy atom. The Labute approximate surface area is 177 Å². The van der Waals surface area contributed by atoms with Crippen molar-refractivity contribution in [3.05, 3.63) is 77.9 Å². The van der Waals surface area contributed by atoms with Gasteiger partial charge in [0.1, 0.15) is 5.75 Å². The van der Waals surface area contributed by atoms with Crippen molar-refractivity contribution in [1.82, 2.24) is 4.90 Å². The van der Waals surface area contributed by atoms with Crippen molar-refractivity contribution in [3.8, 4) is 28.4 Å². The first-order valence-electron chi connectivity index (χ1n) is 9.75. The number of hydrogen-bond donors (Lipinski definition) is 0. The first-order chi connectivity index (χ1) is 14.5. The molecule has 0 bridgehead atoms. The lowest BCUT2D eigenvalue weighted by molar-refractivity contribution is -0.132. The van der Waals surface area contributed by atoms with Crippen LogP contribution in [0.5, 0.6) is 17.2 Å². The van der Waals surface area contributed by atoms with Gasteiger partial charge in [-0.3, -0.25) is 4.79 Å². The molecule has 0 radical (unpaired) electrons. The molecule has 0 atom stereocenters. The van der Waals surface area contributed by atoms with Gasteiger partial charge in [-0.25, -0.2) is 0 Å². The number of nitrogens with zero attached hydrogens (tertiary/aromatic N) is 1. The number of carbonyl (C=O) groups is 1. The van der Waals surface area contributed by atoms with Crippen molar-refractivity contribution >= 4 is 5.91 Å². The normalized spacial score (nSPS) is 10.4. The van der Waals surface area contributed by atoms with Crippen LogP contribution in [0.2, 0.25) is 0 Å². The molecule has 0 aliphatic carbocycles. The van der Waals surface area contributed by atoms with Crippen molar-refractivity contribution in [2.24, 2.45) is 0 Å². The van der Waals surface area contributed by atoms with E-state index in [9.17, 15) is 4.79 Å². The fourth-order valence-corrected chi connectivity index (χ4v) is 3.17. The topological polar surface area (TPSA) is 48.0 Å². The first kappa shape index (κ1) is 21.2. The molecule has 5 nitrogen and oxygen atoms in total. The quantitative estimate of drug-likeness (QED) is 0.544. The molecule has 30 heavy (non-hydrogen) atoms. The number of methoxy groups -OCH3 is 2. The van der Waals surface area contributed by atoms with Crippen LogP contribution >= 0.6 is 0 Å². The zero-order valence-corrected chi connectivity index (χ0v) is 17.8. The summed E-state index contributed by atoms with van der Waals surface area (Å²) in [5.74, 6) is 1.89. The molecule has 156 valence electrons. The molecule has 5 heteroatoms. The van der Waals surface area contributed by atoms with Gasteiger partial charge in [0.2, 0.25) is 0 Å². The van der Waals surface area contributed by atoms with Crippen LogP contribution in [0.1, 0.15) is 11.1 Å². The second kappa shape index (κ2) is 9.83. The van der Waals surface area contributed by atoms with Gasteiger partial charge in [0, 0.05) is 13.6 Å². The van der Waals surface area contributed by atoms with Gasteiger partial charge < -0.3 is 19.1 Å². The molecule has 0 N–H and O–H groups in total. The van der Waals surface area contributed by atoms with Crippen LogP contribution in [0, 0.1) is 6.92 Å². The highest BCUT2D eigenvalue weighted by atomic mass is 16.5. The molecule has 0 saturated heterocycles. The Morgan fingerprint density at radius 2 is 1.47 bits per heavy atom. The highest BCUT2D eigenvalue weighted by molar-refractivity contribution is 5.77. The van der Waals surface area contributed by atoms with E-state index in [2.05, 4.69) is 12.1 Å². The highest BCUT2D eigenvalue weighted by Gasteiger charge is 2.14. The van der Waals surface area contributed by atoms with Crippen LogP contribution in [-0.4, -0.2) is 38.7 Å². The highest BCUT2D eigenvalue weighted by Crippen LogP contribution is 2.30. The number of rotatable bonds is 8. The Balaban J connectivity index is 1.58. The molecule has 0 aromatic heterocycles. The number of likely N-dealkylation sites (N-methyl/N-ethyl adjacent to an activating group) is 1. The lowest BCUT2D eigenvalue weighted by Gasteiger charge is -2.20. The minimum atomic E-state index is -0.101. The minimum absolute atomic E-state index is 0.0203. The number of amides is 1.